The van der Waals surface area contributed by atoms with E-state index in [9.17, 15) is 17.6 Å². The van der Waals surface area contributed by atoms with Crippen LogP contribution >= 0.6 is 11.8 Å². The van der Waals surface area contributed by atoms with Gasteiger partial charge in [-0.2, -0.15) is 8.78 Å². The molecule has 1 rings (SSSR count). The lowest BCUT2D eigenvalue weighted by Gasteiger charge is -2.12. The van der Waals surface area contributed by atoms with Gasteiger partial charge in [0.1, 0.15) is 0 Å². The molecule has 0 bridgehead atoms. The third-order valence-corrected chi connectivity index (χ3v) is 2.51. The van der Waals surface area contributed by atoms with Gasteiger partial charge in [0.25, 0.3) is 0 Å². The van der Waals surface area contributed by atoms with E-state index in [0.29, 0.717) is 0 Å². The van der Waals surface area contributed by atoms with E-state index in [0.717, 1.165) is 0 Å². The van der Waals surface area contributed by atoms with Gasteiger partial charge in [-0.1, -0.05) is 11.8 Å². The summed E-state index contributed by atoms with van der Waals surface area (Å²) in [6.07, 6.45) is -0.367. The first kappa shape index (κ1) is 8.17. The number of hydrogen-bond acceptors (Lipinski definition) is 1. The molecule has 0 amide bonds. The molecule has 1 aliphatic heterocycles. The van der Waals surface area contributed by atoms with Crippen LogP contribution < -0.4 is 0 Å². The predicted molar refractivity (Wildman–Crippen MR) is 31.5 cm³/mol. The zero-order valence-corrected chi connectivity index (χ0v) is 5.81. The molecule has 2 atom stereocenters. The third kappa shape index (κ3) is 1.38. The minimum absolute atomic E-state index is 0.0846. The van der Waals surface area contributed by atoms with Crippen LogP contribution in [-0.2, 0) is 0 Å². The Labute approximate surface area is 60.0 Å². The van der Waals surface area contributed by atoms with Gasteiger partial charge in [0, 0.05) is 6.42 Å². The summed E-state index contributed by atoms with van der Waals surface area (Å²) in [7, 11) is 0. The zero-order chi connectivity index (χ0) is 7.78. The largest absolute Gasteiger partial charge is 0.301 e. The minimum atomic E-state index is -3.20. The molecule has 0 aromatic carbocycles. The SMILES string of the molecule is FCC1CC(F)SC1(F)F. The summed E-state index contributed by atoms with van der Waals surface area (Å²) in [5.74, 6) is -1.42. The fourth-order valence-electron chi connectivity index (χ4n) is 0.829. The summed E-state index contributed by atoms with van der Waals surface area (Å²) in [6, 6.07) is 0. The van der Waals surface area contributed by atoms with Crippen molar-refractivity contribution < 1.29 is 17.6 Å². The molecular weight excluding hydrogens is 168 g/mol. The summed E-state index contributed by atoms with van der Waals surface area (Å²) >= 11 is -0.0846. The average Bonchev–Trinajstić information content (AvgIpc) is 2.04. The molecule has 10 heavy (non-hydrogen) atoms. The summed E-state index contributed by atoms with van der Waals surface area (Å²) in [5.41, 5.74) is -1.60. The molecule has 0 aromatic heterocycles. The van der Waals surface area contributed by atoms with E-state index in [4.69, 9.17) is 0 Å². The second-order valence-electron chi connectivity index (χ2n) is 2.18. The minimum Gasteiger partial charge on any atom is -0.251 e. The standard InChI is InChI=1S/C5H6F4S/c6-2-3-1-4(7)10-5(3,8)9/h3-4H,1-2H2. The highest BCUT2D eigenvalue weighted by atomic mass is 32.2. The van der Waals surface area contributed by atoms with Crippen LogP contribution in [0.25, 0.3) is 0 Å². The van der Waals surface area contributed by atoms with Crippen molar-refractivity contribution in [3.63, 3.8) is 0 Å². The summed E-state index contributed by atoms with van der Waals surface area (Å²) in [5, 5.41) is -3.20. The number of alkyl halides is 4. The van der Waals surface area contributed by atoms with Crippen molar-refractivity contribution in [1.82, 2.24) is 0 Å². The van der Waals surface area contributed by atoms with Crippen molar-refractivity contribution in [1.29, 1.82) is 0 Å². The monoisotopic (exact) mass is 174 g/mol. The lowest BCUT2D eigenvalue weighted by atomic mass is 10.1. The molecule has 0 N–H and O–H groups in total. The number of halogens is 4. The zero-order valence-electron chi connectivity index (χ0n) is 4.99. The second-order valence-corrected chi connectivity index (χ2v) is 3.47. The topological polar surface area (TPSA) is 0 Å². The Bertz CT molecular complexity index is 127. The quantitative estimate of drug-likeness (QED) is 0.550. The van der Waals surface area contributed by atoms with E-state index in [1.807, 2.05) is 0 Å². The normalized spacial score (nSPS) is 38.4. The molecule has 5 heteroatoms. The Morgan fingerprint density at radius 3 is 2.30 bits per heavy atom. The molecule has 0 saturated carbocycles. The van der Waals surface area contributed by atoms with Gasteiger partial charge in [-0.15, -0.1) is 0 Å². The summed E-state index contributed by atoms with van der Waals surface area (Å²) < 4.78 is 48.6. The first-order valence-electron chi connectivity index (χ1n) is 2.82. The van der Waals surface area contributed by atoms with Gasteiger partial charge in [0.15, 0.2) is 5.50 Å². The summed E-state index contributed by atoms with van der Waals surface area (Å²) in [4.78, 5) is 0. The van der Waals surface area contributed by atoms with Gasteiger partial charge in [-0.3, -0.25) is 4.39 Å². The second kappa shape index (κ2) is 2.60. The van der Waals surface area contributed by atoms with Crippen molar-refractivity contribution in [2.75, 3.05) is 6.67 Å². The summed E-state index contributed by atoms with van der Waals surface area (Å²) in [6.45, 7) is -1.14. The van der Waals surface area contributed by atoms with E-state index in [2.05, 4.69) is 0 Å². The fraction of sp³-hybridized carbons (Fsp3) is 1.00. The Hall–Kier alpha value is 0.0700. The Morgan fingerprint density at radius 2 is 2.10 bits per heavy atom. The van der Waals surface area contributed by atoms with Gasteiger partial charge in [-0.05, 0) is 0 Å². The Kier molecular flexibility index (Phi) is 2.12. The van der Waals surface area contributed by atoms with Crippen LogP contribution in [0.3, 0.4) is 0 Å². The molecule has 0 nitrogen and oxygen atoms in total. The highest BCUT2D eigenvalue weighted by Crippen LogP contribution is 2.50. The molecule has 1 saturated heterocycles. The highest BCUT2D eigenvalue weighted by molar-refractivity contribution is 8.01. The predicted octanol–water partition coefficient (Wildman–Crippen LogP) is 2.60. The molecule has 1 aliphatic rings. The number of hydrogen-bond donors (Lipinski definition) is 0. The maximum absolute atomic E-state index is 12.3. The van der Waals surface area contributed by atoms with E-state index < -0.39 is 23.4 Å². The van der Waals surface area contributed by atoms with E-state index in [-0.39, 0.29) is 18.2 Å². The van der Waals surface area contributed by atoms with E-state index in [1.54, 1.807) is 0 Å². The van der Waals surface area contributed by atoms with Crippen molar-refractivity contribution in [2.24, 2.45) is 5.92 Å². The van der Waals surface area contributed by atoms with Crippen LogP contribution in [0.4, 0.5) is 17.6 Å². The van der Waals surface area contributed by atoms with Crippen molar-refractivity contribution >= 4 is 11.8 Å². The number of thioether (sulfide) groups is 1. The van der Waals surface area contributed by atoms with Gasteiger partial charge >= 0.3 is 5.25 Å². The fourth-order valence-corrected chi connectivity index (χ4v) is 1.85. The molecule has 1 heterocycles. The maximum atomic E-state index is 12.3. The highest BCUT2D eigenvalue weighted by Gasteiger charge is 2.50. The first-order chi connectivity index (χ1) is 4.56. The molecule has 60 valence electrons. The average molecular weight is 174 g/mol. The van der Waals surface area contributed by atoms with Gasteiger partial charge in [-0.25, -0.2) is 4.39 Å². The smallest absolute Gasteiger partial charge is 0.251 e. The Morgan fingerprint density at radius 1 is 1.50 bits per heavy atom. The van der Waals surface area contributed by atoms with Crippen molar-refractivity contribution in [2.45, 2.75) is 17.2 Å². The maximum Gasteiger partial charge on any atom is 0.301 e. The van der Waals surface area contributed by atoms with E-state index in [1.165, 1.54) is 0 Å². The lowest BCUT2D eigenvalue weighted by Crippen LogP contribution is -2.19. The van der Waals surface area contributed by atoms with Crippen LogP contribution in [0, 0.1) is 5.92 Å². The van der Waals surface area contributed by atoms with Gasteiger partial charge in [0.2, 0.25) is 0 Å². The molecule has 2 unspecified atom stereocenters. The molecular formula is C5H6F4S. The van der Waals surface area contributed by atoms with Crippen molar-refractivity contribution in [3.8, 4) is 0 Å². The van der Waals surface area contributed by atoms with Gasteiger partial charge < -0.3 is 0 Å². The molecule has 0 radical (unpaired) electrons. The molecule has 0 aliphatic carbocycles. The van der Waals surface area contributed by atoms with Crippen molar-refractivity contribution in [3.05, 3.63) is 0 Å². The van der Waals surface area contributed by atoms with Crippen LogP contribution in [0.1, 0.15) is 6.42 Å². The van der Waals surface area contributed by atoms with Crippen LogP contribution in [0.15, 0.2) is 0 Å². The first-order valence-corrected chi connectivity index (χ1v) is 3.70. The molecule has 0 spiro atoms. The van der Waals surface area contributed by atoms with Crippen LogP contribution in [-0.4, -0.2) is 17.4 Å². The molecule has 1 fully saturated rings. The van der Waals surface area contributed by atoms with Gasteiger partial charge in [0.05, 0.1) is 12.6 Å². The third-order valence-electron chi connectivity index (χ3n) is 1.42. The van der Waals surface area contributed by atoms with E-state index >= 15 is 0 Å². The molecule has 0 aromatic rings. The van der Waals surface area contributed by atoms with Crippen LogP contribution in [0.5, 0.6) is 0 Å². The Balaban J connectivity index is 2.58. The number of rotatable bonds is 1. The van der Waals surface area contributed by atoms with Crippen LogP contribution in [0.2, 0.25) is 0 Å². The lowest BCUT2D eigenvalue weighted by molar-refractivity contribution is 0.0314.